The van der Waals surface area contributed by atoms with Crippen LogP contribution in [0, 0.1) is 6.92 Å². The van der Waals surface area contributed by atoms with Gasteiger partial charge in [-0.3, -0.25) is 0 Å². The average Bonchev–Trinajstić information content (AvgIpc) is 2.75. The molecule has 0 aliphatic carbocycles. The summed E-state index contributed by atoms with van der Waals surface area (Å²) in [5.41, 5.74) is 0.851. The number of hydrogen-bond donors (Lipinski definition) is 1. The molecule has 84 valence electrons. The molecule has 4 heteroatoms. The molecule has 0 saturated heterocycles. The number of benzene rings is 1. The van der Waals surface area contributed by atoms with E-state index in [1.807, 2.05) is 31.2 Å². The van der Waals surface area contributed by atoms with Crippen LogP contribution in [0.2, 0.25) is 0 Å². The number of rotatable bonds is 3. The van der Waals surface area contributed by atoms with Crippen molar-refractivity contribution in [3.8, 4) is 5.75 Å². The second-order valence-electron chi connectivity index (χ2n) is 3.46. The Bertz CT molecular complexity index is 464. The highest BCUT2D eigenvalue weighted by molar-refractivity contribution is 7.11. The molecule has 1 aromatic carbocycles. The molecule has 1 aromatic heterocycles. The number of aromatic nitrogens is 1. The molecule has 1 heterocycles. The quantitative estimate of drug-likeness (QED) is 0.889. The minimum atomic E-state index is -0.600. The Morgan fingerprint density at radius 3 is 2.50 bits per heavy atom. The minimum absolute atomic E-state index is 0.600. The first-order valence-electron chi connectivity index (χ1n) is 4.95. The zero-order chi connectivity index (χ0) is 11.5. The van der Waals surface area contributed by atoms with E-state index in [0.29, 0.717) is 0 Å². The van der Waals surface area contributed by atoms with Crippen LogP contribution < -0.4 is 4.74 Å². The van der Waals surface area contributed by atoms with E-state index in [1.54, 1.807) is 13.3 Å². The number of methoxy groups -OCH3 is 1. The van der Waals surface area contributed by atoms with Crippen molar-refractivity contribution in [2.24, 2.45) is 0 Å². The highest BCUT2D eigenvalue weighted by atomic mass is 32.1. The van der Waals surface area contributed by atoms with Crippen molar-refractivity contribution in [3.63, 3.8) is 0 Å². The maximum absolute atomic E-state index is 10.1. The van der Waals surface area contributed by atoms with Crippen LogP contribution in [-0.4, -0.2) is 17.2 Å². The summed E-state index contributed by atoms with van der Waals surface area (Å²) < 4.78 is 5.07. The largest absolute Gasteiger partial charge is 0.497 e. The van der Waals surface area contributed by atoms with Gasteiger partial charge in [-0.15, -0.1) is 11.3 Å². The molecule has 2 rings (SSSR count). The molecule has 0 spiro atoms. The maximum Gasteiger partial charge on any atom is 0.118 e. The SMILES string of the molecule is COc1ccc(C(O)c2cnc(C)s2)cc1. The molecule has 0 fully saturated rings. The van der Waals surface area contributed by atoms with Crippen molar-refractivity contribution in [3.05, 3.63) is 45.9 Å². The predicted octanol–water partition coefficient (Wildman–Crippen LogP) is 2.54. The molecule has 0 aliphatic heterocycles. The van der Waals surface area contributed by atoms with Gasteiger partial charge in [0.1, 0.15) is 11.9 Å². The zero-order valence-electron chi connectivity index (χ0n) is 9.18. The Kier molecular flexibility index (Phi) is 3.22. The summed E-state index contributed by atoms with van der Waals surface area (Å²) in [6.07, 6.45) is 1.12. The second kappa shape index (κ2) is 4.63. The fourth-order valence-corrected chi connectivity index (χ4v) is 2.25. The first-order valence-corrected chi connectivity index (χ1v) is 5.76. The summed E-state index contributed by atoms with van der Waals surface area (Å²) in [6.45, 7) is 1.93. The molecular weight excluding hydrogens is 222 g/mol. The Labute approximate surface area is 98.4 Å². The first kappa shape index (κ1) is 11.1. The lowest BCUT2D eigenvalue weighted by molar-refractivity contribution is 0.224. The van der Waals surface area contributed by atoms with Gasteiger partial charge < -0.3 is 9.84 Å². The molecule has 0 saturated carbocycles. The molecular formula is C12H13NO2S. The molecule has 2 aromatic rings. The lowest BCUT2D eigenvalue weighted by atomic mass is 10.1. The van der Waals surface area contributed by atoms with Gasteiger partial charge >= 0.3 is 0 Å². The summed E-state index contributed by atoms with van der Waals surface area (Å²) in [7, 11) is 1.62. The summed E-state index contributed by atoms with van der Waals surface area (Å²) in [5, 5.41) is 11.1. The summed E-state index contributed by atoms with van der Waals surface area (Å²) in [4.78, 5) is 4.99. The van der Waals surface area contributed by atoms with E-state index >= 15 is 0 Å². The lowest BCUT2D eigenvalue weighted by Gasteiger charge is -2.08. The van der Waals surface area contributed by atoms with Crippen molar-refractivity contribution in [2.45, 2.75) is 13.0 Å². The molecule has 0 radical (unpaired) electrons. The van der Waals surface area contributed by atoms with E-state index in [1.165, 1.54) is 11.3 Å². The van der Waals surface area contributed by atoms with Crippen molar-refractivity contribution in [1.29, 1.82) is 0 Å². The molecule has 0 bridgehead atoms. The third kappa shape index (κ3) is 2.23. The fraction of sp³-hybridized carbons (Fsp3) is 0.250. The number of nitrogens with zero attached hydrogens (tertiary/aromatic N) is 1. The summed E-state index contributed by atoms with van der Waals surface area (Å²) >= 11 is 1.51. The number of ether oxygens (including phenoxy) is 1. The van der Waals surface area contributed by atoms with E-state index in [0.717, 1.165) is 21.2 Å². The molecule has 1 N–H and O–H groups in total. The van der Waals surface area contributed by atoms with E-state index in [2.05, 4.69) is 4.98 Å². The van der Waals surface area contributed by atoms with Gasteiger partial charge in [-0.2, -0.15) is 0 Å². The van der Waals surface area contributed by atoms with E-state index in [-0.39, 0.29) is 0 Å². The van der Waals surface area contributed by atoms with Gasteiger partial charge in [0.15, 0.2) is 0 Å². The van der Waals surface area contributed by atoms with E-state index in [4.69, 9.17) is 4.74 Å². The van der Waals surface area contributed by atoms with Crippen LogP contribution >= 0.6 is 11.3 Å². The number of thiazole rings is 1. The number of hydrogen-bond acceptors (Lipinski definition) is 4. The molecule has 1 unspecified atom stereocenters. The lowest BCUT2D eigenvalue weighted by Crippen LogP contribution is -1.96. The van der Waals surface area contributed by atoms with Crippen LogP contribution in [0.1, 0.15) is 21.6 Å². The van der Waals surface area contributed by atoms with Gasteiger partial charge in [-0.1, -0.05) is 12.1 Å². The van der Waals surface area contributed by atoms with Crippen molar-refractivity contribution in [1.82, 2.24) is 4.98 Å². The Morgan fingerprint density at radius 1 is 1.31 bits per heavy atom. The smallest absolute Gasteiger partial charge is 0.118 e. The molecule has 3 nitrogen and oxygen atoms in total. The normalized spacial score (nSPS) is 12.4. The Hall–Kier alpha value is -1.39. The Balaban J connectivity index is 2.23. The molecule has 0 aliphatic rings. The van der Waals surface area contributed by atoms with Gasteiger partial charge in [-0.25, -0.2) is 4.98 Å². The highest BCUT2D eigenvalue weighted by Gasteiger charge is 2.12. The topological polar surface area (TPSA) is 42.4 Å². The van der Waals surface area contributed by atoms with Crippen molar-refractivity contribution >= 4 is 11.3 Å². The van der Waals surface area contributed by atoms with Crippen LogP contribution in [0.25, 0.3) is 0 Å². The number of aryl methyl sites for hydroxylation is 1. The van der Waals surface area contributed by atoms with Crippen LogP contribution in [0.4, 0.5) is 0 Å². The zero-order valence-corrected chi connectivity index (χ0v) is 9.99. The average molecular weight is 235 g/mol. The summed E-state index contributed by atoms with van der Waals surface area (Å²) in [5.74, 6) is 0.788. The van der Waals surface area contributed by atoms with Crippen LogP contribution in [0.15, 0.2) is 30.5 Å². The van der Waals surface area contributed by atoms with E-state index in [9.17, 15) is 5.11 Å². The van der Waals surface area contributed by atoms with Crippen LogP contribution in [-0.2, 0) is 0 Å². The van der Waals surface area contributed by atoms with Crippen LogP contribution in [0.3, 0.4) is 0 Å². The minimum Gasteiger partial charge on any atom is -0.497 e. The fourth-order valence-electron chi connectivity index (χ4n) is 1.45. The predicted molar refractivity (Wildman–Crippen MR) is 63.9 cm³/mol. The summed E-state index contributed by atoms with van der Waals surface area (Å²) in [6, 6.07) is 7.40. The monoisotopic (exact) mass is 235 g/mol. The standard InChI is InChI=1S/C12H13NO2S/c1-8-13-7-11(16-8)12(14)9-3-5-10(15-2)6-4-9/h3-7,12,14H,1-2H3. The van der Waals surface area contributed by atoms with Crippen molar-refractivity contribution in [2.75, 3.05) is 7.11 Å². The second-order valence-corrected chi connectivity index (χ2v) is 4.72. The number of aliphatic hydroxyl groups is 1. The van der Waals surface area contributed by atoms with Gasteiger partial charge in [0.25, 0.3) is 0 Å². The molecule has 1 atom stereocenters. The van der Waals surface area contributed by atoms with Gasteiger partial charge in [0.05, 0.1) is 17.0 Å². The van der Waals surface area contributed by atoms with Gasteiger partial charge in [0, 0.05) is 6.20 Å². The third-order valence-electron chi connectivity index (χ3n) is 2.34. The number of aliphatic hydroxyl groups excluding tert-OH is 1. The first-order chi connectivity index (χ1) is 7.70. The Morgan fingerprint density at radius 2 is 2.00 bits per heavy atom. The van der Waals surface area contributed by atoms with Crippen LogP contribution in [0.5, 0.6) is 5.75 Å². The van der Waals surface area contributed by atoms with E-state index < -0.39 is 6.10 Å². The third-order valence-corrected chi connectivity index (χ3v) is 3.31. The van der Waals surface area contributed by atoms with Crippen molar-refractivity contribution < 1.29 is 9.84 Å². The maximum atomic E-state index is 10.1. The highest BCUT2D eigenvalue weighted by Crippen LogP contribution is 2.27. The van der Waals surface area contributed by atoms with Gasteiger partial charge in [0.2, 0.25) is 0 Å². The molecule has 16 heavy (non-hydrogen) atoms. The van der Waals surface area contributed by atoms with Gasteiger partial charge in [-0.05, 0) is 24.6 Å². The molecule has 0 amide bonds.